The second kappa shape index (κ2) is 15.6. The number of amides is 3. The molecule has 13 nitrogen and oxygen atoms in total. The maximum Gasteiger partial charge on any atom is 0.274 e. The van der Waals surface area contributed by atoms with Crippen LogP contribution in [-0.4, -0.2) is 68.8 Å². The predicted octanol–water partition coefficient (Wildman–Crippen LogP) is 5.62. The van der Waals surface area contributed by atoms with E-state index in [4.69, 9.17) is 9.84 Å². The molecule has 1 atom stereocenters. The van der Waals surface area contributed by atoms with Gasteiger partial charge in [0.15, 0.2) is 11.6 Å². The molecule has 4 fully saturated rings. The van der Waals surface area contributed by atoms with Crippen LogP contribution < -0.4 is 31.1 Å². The Kier molecular flexibility index (Phi) is 10.4. The normalized spacial score (nSPS) is 22.3. The third-order valence-electron chi connectivity index (χ3n) is 11.6. The summed E-state index contributed by atoms with van der Waals surface area (Å²) in [5.74, 6) is -0.760. The quantitative estimate of drug-likeness (QED) is 0.166. The number of aromatic nitrogens is 4. The highest BCUT2D eigenvalue weighted by atomic mass is 19.1. The first-order valence-electron chi connectivity index (χ1n) is 19.8. The number of nitrogens with one attached hydrogen (secondary N) is 3. The number of rotatable bonds is 11. The third kappa shape index (κ3) is 8.14. The van der Waals surface area contributed by atoms with Crippen molar-refractivity contribution in [3.63, 3.8) is 0 Å². The van der Waals surface area contributed by atoms with Crippen LogP contribution in [0.1, 0.15) is 112 Å². The number of benzene rings is 1. The van der Waals surface area contributed by atoms with Gasteiger partial charge >= 0.3 is 0 Å². The molecule has 1 unspecified atom stereocenters. The Morgan fingerprint density at radius 2 is 1.76 bits per heavy atom. The van der Waals surface area contributed by atoms with Crippen LogP contribution >= 0.6 is 0 Å². The van der Waals surface area contributed by atoms with Gasteiger partial charge in [-0.15, -0.1) is 0 Å². The number of anilines is 2. The zero-order valence-corrected chi connectivity index (χ0v) is 31.4. The average molecular weight is 753 g/mol. The van der Waals surface area contributed by atoms with Crippen LogP contribution in [0.25, 0.3) is 10.9 Å². The molecule has 3 amide bonds. The number of halogens is 1. The van der Waals surface area contributed by atoms with Gasteiger partial charge in [-0.3, -0.25) is 29.2 Å². The van der Waals surface area contributed by atoms with Crippen LogP contribution in [0, 0.1) is 11.7 Å². The molecule has 3 aromatic heterocycles. The maximum absolute atomic E-state index is 15.2. The number of hydrogen-bond donors (Lipinski definition) is 3. The van der Waals surface area contributed by atoms with Crippen LogP contribution in [-0.2, 0) is 9.59 Å². The molecule has 2 aliphatic heterocycles. The van der Waals surface area contributed by atoms with Gasteiger partial charge in [0.1, 0.15) is 11.4 Å². The number of ether oxygens (including phenoxy) is 1. The summed E-state index contributed by atoms with van der Waals surface area (Å²) >= 11 is 0. The summed E-state index contributed by atoms with van der Waals surface area (Å²) in [4.78, 5) is 56.7. The summed E-state index contributed by atoms with van der Waals surface area (Å²) in [7, 11) is 0. The summed E-state index contributed by atoms with van der Waals surface area (Å²) < 4.78 is 25.0. The van der Waals surface area contributed by atoms with Crippen LogP contribution in [0.2, 0.25) is 0 Å². The number of carbonyl (C=O) groups is 3. The molecule has 2 aliphatic carbocycles. The predicted molar refractivity (Wildman–Crippen MR) is 206 cm³/mol. The minimum Gasteiger partial charge on any atom is -0.490 e. The first kappa shape index (κ1) is 36.8. The minimum atomic E-state index is -0.556. The monoisotopic (exact) mass is 752 g/mol. The number of pyridine rings is 2. The van der Waals surface area contributed by atoms with Crippen molar-refractivity contribution in [2.45, 2.75) is 108 Å². The summed E-state index contributed by atoms with van der Waals surface area (Å²) in [6.45, 7) is 6.15. The lowest BCUT2D eigenvalue weighted by molar-refractivity contribution is -0.134. The molecule has 14 heteroatoms. The van der Waals surface area contributed by atoms with Gasteiger partial charge in [0.2, 0.25) is 11.8 Å². The summed E-state index contributed by atoms with van der Waals surface area (Å²) in [5, 5.41) is 14.7. The van der Waals surface area contributed by atoms with E-state index in [9.17, 15) is 19.2 Å². The number of imide groups is 1. The van der Waals surface area contributed by atoms with Crippen LogP contribution in [0.5, 0.6) is 5.75 Å². The van der Waals surface area contributed by atoms with Crippen molar-refractivity contribution in [2.24, 2.45) is 5.92 Å². The molecule has 0 spiro atoms. The highest BCUT2D eigenvalue weighted by Gasteiger charge is 2.31. The van der Waals surface area contributed by atoms with Crippen LogP contribution in [0.4, 0.5) is 15.9 Å². The van der Waals surface area contributed by atoms with Crippen molar-refractivity contribution < 1.29 is 23.5 Å². The number of carbonyl (C=O) groups excluding carboxylic acids is 3. The molecule has 2 saturated carbocycles. The van der Waals surface area contributed by atoms with Gasteiger partial charge in [-0.05, 0) is 114 Å². The van der Waals surface area contributed by atoms with Gasteiger partial charge in [-0.25, -0.2) is 9.37 Å². The largest absolute Gasteiger partial charge is 0.490 e. The second-order valence-corrected chi connectivity index (χ2v) is 15.9. The molecule has 4 aliphatic rings. The second-order valence-electron chi connectivity index (χ2n) is 15.9. The molecule has 55 heavy (non-hydrogen) atoms. The highest BCUT2D eigenvalue weighted by Crippen LogP contribution is 2.36. The SMILES string of the molecule is CC(C)Oc1cc2nn([C@H]3CC[C@H](CNC4CCN(c5ncc(C6CCC(=O)NC6=O)cc5F)CC4)CC3)cc2cc1C(=O)Nc1cccn(C2CC2)c1=O. The fourth-order valence-corrected chi connectivity index (χ4v) is 8.35. The van der Waals surface area contributed by atoms with Crippen molar-refractivity contribution >= 4 is 40.1 Å². The van der Waals surface area contributed by atoms with E-state index in [1.807, 2.05) is 41.8 Å². The molecule has 290 valence electrons. The highest BCUT2D eigenvalue weighted by molar-refractivity contribution is 6.08. The van der Waals surface area contributed by atoms with Gasteiger partial charge in [0.25, 0.3) is 11.5 Å². The first-order valence-corrected chi connectivity index (χ1v) is 19.8. The number of piperidine rings is 2. The minimum absolute atomic E-state index is 0.155. The fourth-order valence-electron chi connectivity index (χ4n) is 8.35. The van der Waals surface area contributed by atoms with Gasteiger partial charge in [0.05, 0.1) is 29.1 Å². The molecule has 2 saturated heterocycles. The third-order valence-corrected chi connectivity index (χ3v) is 11.6. The smallest absolute Gasteiger partial charge is 0.274 e. The van der Waals surface area contributed by atoms with Crippen LogP contribution in [0.3, 0.4) is 0 Å². The van der Waals surface area contributed by atoms with E-state index < -0.39 is 17.6 Å². The van der Waals surface area contributed by atoms with Gasteiger partial charge in [0, 0.05) is 61.6 Å². The fraction of sp³-hybridized carbons (Fsp3) is 0.512. The van der Waals surface area contributed by atoms with E-state index in [0.717, 1.165) is 68.8 Å². The molecule has 0 bridgehead atoms. The molecule has 4 aromatic rings. The summed E-state index contributed by atoms with van der Waals surface area (Å²) in [6.07, 6.45) is 13.7. The maximum atomic E-state index is 15.2. The number of nitrogens with zero attached hydrogens (tertiary/aromatic N) is 5. The molecule has 1 aromatic carbocycles. The Hall–Kier alpha value is -5.11. The number of hydrogen-bond acceptors (Lipinski definition) is 9. The molecule has 0 radical (unpaired) electrons. The van der Waals surface area contributed by atoms with E-state index in [1.165, 1.54) is 6.07 Å². The molecule has 5 heterocycles. The van der Waals surface area contributed by atoms with E-state index in [-0.39, 0.29) is 47.7 Å². The Balaban J connectivity index is 0.838. The van der Waals surface area contributed by atoms with Crippen LogP contribution in [0.15, 0.2) is 53.7 Å². The number of fused-ring (bicyclic) bond motifs is 1. The van der Waals surface area contributed by atoms with E-state index in [1.54, 1.807) is 29.1 Å². The van der Waals surface area contributed by atoms with E-state index >= 15 is 4.39 Å². The standard InChI is InChI=1S/C41H49FN8O5/c1-24(2)55-36-20-35-27(18-32(36)40(53)45-34-4-3-15-49(41(34)54)29-9-10-29)23-50(47-35)30-7-5-25(6-8-30)21-43-28-13-16-48(17-14-28)38-33(42)19-26(22-44-38)31-11-12-37(51)46-39(31)52/h3-4,15,18-20,22-25,28-31,43H,5-14,16-17,21H2,1-2H3,(H,45,53)(H,46,51,52)/t25-,30-,31?. The molecular weight excluding hydrogens is 704 g/mol. The van der Waals surface area contributed by atoms with Gasteiger partial charge in [-0.1, -0.05) is 0 Å². The van der Waals surface area contributed by atoms with E-state index in [2.05, 4.69) is 20.9 Å². The first-order chi connectivity index (χ1) is 26.6. The van der Waals surface area contributed by atoms with Gasteiger partial charge in [-0.2, -0.15) is 5.10 Å². The average Bonchev–Trinajstić information content (AvgIpc) is 3.93. The van der Waals surface area contributed by atoms with E-state index in [0.29, 0.717) is 54.2 Å². The Morgan fingerprint density at radius 1 is 1.00 bits per heavy atom. The Bertz CT molecular complexity index is 2150. The zero-order valence-electron chi connectivity index (χ0n) is 31.4. The lowest BCUT2D eigenvalue weighted by atomic mass is 9.85. The lowest BCUT2D eigenvalue weighted by Crippen LogP contribution is -2.44. The van der Waals surface area contributed by atoms with Crippen molar-refractivity contribution in [2.75, 3.05) is 29.9 Å². The topological polar surface area (TPSA) is 152 Å². The zero-order chi connectivity index (χ0) is 38.2. The van der Waals surface area contributed by atoms with Crippen molar-refractivity contribution in [3.8, 4) is 5.75 Å². The van der Waals surface area contributed by atoms with Crippen molar-refractivity contribution in [3.05, 3.63) is 76.2 Å². The molecule has 8 rings (SSSR count). The summed E-state index contributed by atoms with van der Waals surface area (Å²) in [5.41, 5.74) is 1.69. The van der Waals surface area contributed by atoms with Crippen molar-refractivity contribution in [1.82, 2.24) is 30.0 Å². The van der Waals surface area contributed by atoms with Gasteiger partial charge < -0.3 is 24.8 Å². The van der Waals surface area contributed by atoms with Crippen molar-refractivity contribution in [1.29, 1.82) is 0 Å². The summed E-state index contributed by atoms with van der Waals surface area (Å²) in [6, 6.07) is 9.29. The Morgan fingerprint density at radius 3 is 2.47 bits per heavy atom. The lowest BCUT2D eigenvalue weighted by Gasteiger charge is -2.35. The molecule has 3 N–H and O–H groups in total. The Labute approximate surface area is 319 Å². The molecular formula is C41H49FN8O5.